The molecule has 0 atom stereocenters. The van der Waals surface area contributed by atoms with E-state index in [1.54, 1.807) is 12.1 Å². The highest BCUT2D eigenvalue weighted by molar-refractivity contribution is 7.17. The van der Waals surface area contributed by atoms with Crippen molar-refractivity contribution >= 4 is 27.9 Å². The van der Waals surface area contributed by atoms with Gasteiger partial charge in [0, 0.05) is 5.69 Å². The predicted molar refractivity (Wildman–Crippen MR) is 67.9 cm³/mol. The first kappa shape index (κ1) is 10.7. The van der Waals surface area contributed by atoms with Crippen molar-refractivity contribution in [2.45, 2.75) is 6.92 Å². The Morgan fingerprint density at radius 2 is 2.12 bits per heavy atom. The highest BCUT2D eigenvalue weighted by Crippen LogP contribution is 2.19. The van der Waals surface area contributed by atoms with Crippen molar-refractivity contribution in [2.24, 2.45) is 0 Å². The van der Waals surface area contributed by atoms with Crippen LogP contribution in [-0.2, 0) is 0 Å². The van der Waals surface area contributed by atoms with Crippen LogP contribution >= 0.6 is 11.3 Å². The first-order valence-electron chi connectivity index (χ1n) is 4.88. The summed E-state index contributed by atoms with van der Waals surface area (Å²) in [4.78, 5) is 12.4. The molecule has 0 saturated carbocycles. The molecular formula is C12H12N2OS. The van der Waals surface area contributed by atoms with Crippen molar-refractivity contribution in [1.82, 2.24) is 0 Å². The van der Waals surface area contributed by atoms with Crippen molar-refractivity contribution in [2.75, 3.05) is 11.1 Å². The largest absolute Gasteiger partial charge is 0.391 e. The molecule has 1 amide bonds. The first-order valence-corrected chi connectivity index (χ1v) is 5.70. The molecule has 4 heteroatoms. The summed E-state index contributed by atoms with van der Waals surface area (Å²) in [5.41, 5.74) is 7.49. The van der Waals surface area contributed by atoms with Crippen LogP contribution in [0.15, 0.2) is 36.4 Å². The van der Waals surface area contributed by atoms with Crippen molar-refractivity contribution in [3.63, 3.8) is 0 Å². The molecule has 16 heavy (non-hydrogen) atoms. The van der Waals surface area contributed by atoms with Gasteiger partial charge in [-0.05, 0) is 36.8 Å². The zero-order valence-electron chi connectivity index (χ0n) is 8.86. The molecule has 0 unspecified atom stereocenters. The summed E-state index contributed by atoms with van der Waals surface area (Å²) in [6.07, 6.45) is 0. The zero-order chi connectivity index (χ0) is 11.5. The van der Waals surface area contributed by atoms with Gasteiger partial charge in [-0.3, -0.25) is 4.79 Å². The lowest BCUT2D eigenvalue weighted by molar-refractivity contribution is 0.103. The number of carbonyl (C=O) groups excluding carboxylic acids is 1. The summed E-state index contributed by atoms with van der Waals surface area (Å²) in [5.74, 6) is -0.118. The van der Waals surface area contributed by atoms with Crippen LogP contribution in [0.5, 0.6) is 0 Å². The number of hydrogen-bond acceptors (Lipinski definition) is 3. The van der Waals surface area contributed by atoms with Crippen LogP contribution in [0.2, 0.25) is 0 Å². The van der Waals surface area contributed by atoms with Gasteiger partial charge in [0.2, 0.25) is 0 Å². The van der Waals surface area contributed by atoms with Crippen LogP contribution in [0.3, 0.4) is 0 Å². The molecule has 1 aromatic carbocycles. The molecule has 1 aromatic heterocycles. The maximum absolute atomic E-state index is 11.8. The van der Waals surface area contributed by atoms with E-state index in [0.717, 1.165) is 11.3 Å². The minimum Gasteiger partial charge on any atom is -0.391 e. The molecule has 2 rings (SSSR count). The Morgan fingerprint density at radius 3 is 2.75 bits per heavy atom. The summed E-state index contributed by atoms with van der Waals surface area (Å²) in [6.45, 7) is 1.98. The molecule has 0 spiro atoms. The predicted octanol–water partition coefficient (Wildman–Crippen LogP) is 2.89. The minimum atomic E-state index is -0.118. The van der Waals surface area contributed by atoms with Crippen LogP contribution in [0.1, 0.15) is 15.2 Å². The van der Waals surface area contributed by atoms with Crippen molar-refractivity contribution in [3.05, 3.63) is 46.8 Å². The molecule has 0 aliphatic heterocycles. The molecule has 0 saturated heterocycles. The van der Waals surface area contributed by atoms with E-state index in [2.05, 4.69) is 5.32 Å². The molecule has 1 heterocycles. The second kappa shape index (κ2) is 4.37. The number of thiophene rings is 1. The third-order valence-electron chi connectivity index (χ3n) is 2.13. The van der Waals surface area contributed by atoms with Gasteiger partial charge < -0.3 is 11.1 Å². The fourth-order valence-corrected chi connectivity index (χ4v) is 2.06. The monoisotopic (exact) mass is 232 g/mol. The van der Waals surface area contributed by atoms with Gasteiger partial charge in [-0.1, -0.05) is 12.1 Å². The molecule has 3 nitrogen and oxygen atoms in total. The number of aryl methyl sites for hydroxylation is 1. The van der Waals surface area contributed by atoms with Crippen LogP contribution in [0, 0.1) is 6.92 Å². The Balaban J connectivity index is 2.13. The number of rotatable bonds is 2. The van der Waals surface area contributed by atoms with Gasteiger partial charge in [-0.15, -0.1) is 11.3 Å². The molecule has 0 aliphatic rings. The standard InChI is InChI=1S/C12H12N2OS/c1-8-3-2-4-9(7-8)14-12(15)10-5-6-11(13)16-10/h2-7H,13H2,1H3,(H,14,15). The van der Waals surface area contributed by atoms with E-state index in [1.165, 1.54) is 11.3 Å². The van der Waals surface area contributed by atoms with Gasteiger partial charge in [0.15, 0.2) is 0 Å². The zero-order valence-corrected chi connectivity index (χ0v) is 9.67. The van der Waals surface area contributed by atoms with Gasteiger partial charge in [0.1, 0.15) is 0 Å². The number of benzene rings is 1. The second-order valence-electron chi connectivity index (χ2n) is 3.53. The van der Waals surface area contributed by atoms with Crippen molar-refractivity contribution in [3.8, 4) is 0 Å². The molecule has 0 radical (unpaired) electrons. The van der Waals surface area contributed by atoms with Crippen LogP contribution in [-0.4, -0.2) is 5.91 Å². The minimum absolute atomic E-state index is 0.118. The average Bonchev–Trinajstić information content (AvgIpc) is 2.65. The van der Waals surface area contributed by atoms with Gasteiger partial charge >= 0.3 is 0 Å². The quantitative estimate of drug-likeness (QED) is 0.836. The van der Waals surface area contributed by atoms with Crippen LogP contribution in [0.25, 0.3) is 0 Å². The number of nitrogen functional groups attached to an aromatic ring is 1. The van der Waals surface area contributed by atoms with Gasteiger partial charge in [0.05, 0.1) is 9.88 Å². The van der Waals surface area contributed by atoms with Gasteiger partial charge in [-0.25, -0.2) is 0 Å². The normalized spacial score (nSPS) is 10.1. The van der Waals surface area contributed by atoms with E-state index >= 15 is 0 Å². The van der Waals surface area contributed by atoms with Gasteiger partial charge in [-0.2, -0.15) is 0 Å². The highest BCUT2D eigenvalue weighted by atomic mass is 32.1. The number of nitrogens with one attached hydrogen (secondary N) is 1. The van der Waals surface area contributed by atoms with Gasteiger partial charge in [0.25, 0.3) is 5.91 Å². The Labute approximate surface area is 97.9 Å². The summed E-state index contributed by atoms with van der Waals surface area (Å²) in [6, 6.07) is 11.1. The second-order valence-corrected chi connectivity index (χ2v) is 4.64. The number of carbonyl (C=O) groups is 1. The first-order chi connectivity index (χ1) is 7.65. The van der Waals surface area contributed by atoms with E-state index in [-0.39, 0.29) is 5.91 Å². The van der Waals surface area contributed by atoms with E-state index in [1.807, 2.05) is 31.2 Å². The average molecular weight is 232 g/mol. The van der Waals surface area contributed by atoms with Crippen molar-refractivity contribution in [1.29, 1.82) is 0 Å². The lowest BCUT2D eigenvalue weighted by atomic mass is 10.2. The van der Waals surface area contributed by atoms with Crippen LogP contribution < -0.4 is 11.1 Å². The smallest absolute Gasteiger partial charge is 0.265 e. The third kappa shape index (κ3) is 2.41. The van der Waals surface area contributed by atoms with E-state index in [0.29, 0.717) is 9.88 Å². The third-order valence-corrected chi connectivity index (χ3v) is 3.04. The molecule has 3 N–H and O–H groups in total. The fourth-order valence-electron chi connectivity index (χ4n) is 1.39. The number of hydrogen-bond donors (Lipinski definition) is 2. The Bertz CT molecular complexity index is 519. The van der Waals surface area contributed by atoms with Crippen LogP contribution in [0.4, 0.5) is 10.7 Å². The summed E-state index contributed by atoms with van der Waals surface area (Å²) < 4.78 is 0. The molecule has 82 valence electrons. The SMILES string of the molecule is Cc1cccc(NC(=O)c2ccc(N)s2)c1. The molecule has 0 bridgehead atoms. The lowest BCUT2D eigenvalue weighted by Gasteiger charge is -2.03. The Kier molecular flexibility index (Phi) is 2.92. The summed E-state index contributed by atoms with van der Waals surface area (Å²) in [7, 11) is 0. The molecular weight excluding hydrogens is 220 g/mol. The summed E-state index contributed by atoms with van der Waals surface area (Å²) >= 11 is 1.29. The van der Waals surface area contributed by atoms with E-state index in [4.69, 9.17) is 5.73 Å². The highest BCUT2D eigenvalue weighted by Gasteiger charge is 2.08. The fraction of sp³-hybridized carbons (Fsp3) is 0.0833. The molecule has 0 aliphatic carbocycles. The summed E-state index contributed by atoms with van der Waals surface area (Å²) in [5, 5.41) is 3.48. The number of anilines is 2. The Hall–Kier alpha value is -1.81. The Morgan fingerprint density at radius 1 is 1.31 bits per heavy atom. The van der Waals surface area contributed by atoms with E-state index in [9.17, 15) is 4.79 Å². The number of amides is 1. The maximum Gasteiger partial charge on any atom is 0.265 e. The molecule has 0 fully saturated rings. The topological polar surface area (TPSA) is 55.1 Å². The van der Waals surface area contributed by atoms with Crippen molar-refractivity contribution < 1.29 is 4.79 Å². The number of nitrogens with two attached hydrogens (primary N) is 1. The lowest BCUT2D eigenvalue weighted by Crippen LogP contribution is -2.09. The molecule has 2 aromatic rings. The maximum atomic E-state index is 11.8. The van der Waals surface area contributed by atoms with E-state index < -0.39 is 0 Å².